The highest BCUT2D eigenvalue weighted by Crippen LogP contribution is 2.29. The standard InChI is InChI=1S/C9H3BF3N3/c10-5-1-2-7-6(3-14)15-8(9(11,12)13)16(7)4-5/h1-2,4H. The average molecular weight is 221 g/mol. The Labute approximate surface area is 89.5 Å². The lowest BCUT2D eigenvalue weighted by Gasteiger charge is -2.05. The predicted octanol–water partition coefficient (Wildman–Crippen LogP) is 1.02. The van der Waals surface area contributed by atoms with Crippen molar-refractivity contribution in [2.45, 2.75) is 6.18 Å². The Bertz CT molecular complexity index is 594. The molecule has 2 aromatic rings. The van der Waals surface area contributed by atoms with Crippen LogP contribution in [0.1, 0.15) is 11.5 Å². The first-order valence-electron chi connectivity index (χ1n) is 4.18. The Morgan fingerprint density at radius 3 is 2.62 bits per heavy atom. The van der Waals surface area contributed by atoms with Crippen molar-refractivity contribution >= 4 is 18.8 Å². The number of nitrogens with zero attached hydrogens (tertiary/aromatic N) is 3. The summed E-state index contributed by atoms with van der Waals surface area (Å²) in [7, 11) is 5.39. The summed E-state index contributed by atoms with van der Waals surface area (Å²) < 4.78 is 38.5. The predicted molar refractivity (Wildman–Crippen MR) is 50.3 cm³/mol. The van der Waals surface area contributed by atoms with Gasteiger partial charge in [0.1, 0.15) is 13.9 Å². The van der Waals surface area contributed by atoms with Crippen LogP contribution in [0.3, 0.4) is 0 Å². The fourth-order valence-corrected chi connectivity index (χ4v) is 1.38. The Kier molecular flexibility index (Phi) is 2.15. The van der Waals surface area contributed by atoms with Gasteiger partial charge in [-0.1, -0.05) is 11.5 Å². The van der Waals surface area contributed by atoms with Gasteiger partial charge in [-0.3, -0.25) is 4.40 Å². The van der Waals surface area contributed by atoms with Crippen molar-refractivity contribution in [3.8, 4) is 6.07 Å². The highest BCUT2D eigenvalue weighted by atomic mass is 19.4. The molecular formula is C9H3BF3N3. The molecule has 3 nitrogen and oxygen atoms in total. The van der Waals surface area contributed by atoms with Crippen LogP contribution in [-0.4, -0.2) is 17.2 Å². The van der Waals surface area contributed by atoms with Crippen LogP contribution in [0.15, 0.2) is 18.3 Å². The molecule has 2 aromatic heterocycles. The Morgan fingerprint density at radius 2 is 2.06 bits per heavy atom. The zero-order valence-electron chi connectivity index (χ0n) is 7.78. The number of hydrogen-bond donors (Lipinski definition) is 0. The third-order valence-electron chi connectivity index (χ3n) is 2.02. The molecule has 2 heterocycles. The van der Waals surface area contributed by atoms with Crippen LogP contribution in [0.2, 0.25) is 0 Å². The summed E-state index contributed by atoms with van der Waals surface area (Å²) in [4.78, 5) is 3.24. The number of fused-ring (bicyclic) bond motifs is 1. The van der Waals surface area contributed by atoms with Crippen molar-refractivity contribution in [2.75, 3.05) is 0 Å². The van der Waals surface area contributed by atoms with Crippen molar-refractivity contribution < 1.29 is 13.2 Å². The minimum absolute atomic E-state index is 0.0871. The second kappa shape index (κ2) is 3.27. The molecule has 0 amide bonds. The molecule has 78 valence electrons. The summed E-state index contributed by atoms with van der Waals surface area (Å²) >= 11 is 0. The van der Waals surface area contributed by atoms with Crippen LogP contribution in [0.5, 0.6) is 0 Å². The second-order valence-corrected chi connectivity index (χ2v) is 3.11. The van der Waals surface area contributed by atoms with Gasteiger partial charge in [0.05, 0.1) is 5.52 Å². The molecule has 16 heavy (non-hydrogen) atoms. The summed E-state index contributed by atoms with van der Waals surface area (Å²) in [5, 5.41) is 8.66. The topological polar surface area (TPSA) is 41.1 Å². The van der Waals surface area contributed by atoms with Crippen LogP contribution in [0.25, 0.3) is 5.52 Å². The van der Waals surface area contributed by atoms with E-state index in [1.54, 1.807) is 6.07 Å². The maximum Gasteiger partial charge on any atom is 0.450 e. The van der Waals surface area contributed by atoms with Crippen LogP contribution < -0.4 is 5.46 Å². The van der Waals surface area contributed by atoms with Crippen molar-refractivity contribution in [3.05, 3.63) is 29.8 Å². The van der Waals surface area contributed by atoms with Gasteiger partial charge < -0.3 is 0 Å². The number of imidazole rings is 1. The molecule has 0 aliphatic rings. The lowest BCUT2D eigenvalue weighted by Crippen LogP contribution is -2.13. The molecule has 0 atom stereocenters. The zero-order valence-corrected chi connectivity index (χ0v) is 7.78. The molecule has 2 radical (unpaired) electrons. The molecular weight excluding hydrogens is 218 g/mol. The van der Waals surface area contributed by atoms with E-state index in [9.17, 15) is 13.2 Å². The number of nitriles is 1. The summed E-state index contributed by atoms with van der Waals surface area (Å²) in [5.74, 6) is -1.15. The van der Waals surface area contributed by atoms with Gasteiger partial charge in [0, 0.05) is 6.20 Å². The molecule has 0 saturated heterocycles. The highest BCUT2D eigenvalue weighted by molar-refractivity contribution is 6.32. The SMILES string of the molecule is [B]c1ccc2c(C#N)nc(C(F)(F)F)n2c1. The molecule has 0 N–H and O–H groups in total. The normalized spacial score (nSPS) is 11.6. The van der Waals surface area contributed by atoms with Gasteiger partial charge in [0.15, 0.2) is 5.69 Å². The third kappa shape index (κ3) is 1.52. The lowest BCUT2D eigenvalue weighted by atomic mass is 9.99. The smallest absolute Gasteiger partial charge is 0.295 e. The zero-order chi connectivity index (χ0) is 11.9. The fraction of sp³-hybridized carbons (Fsp3) is 0.111. The van der Waals surface area contributed by atoms with Gasteiger partial charge in [-0.15, -0.1) is 0 Å². The molecule has 0 aliphatic heterocycles. The van der Waals surface area contributed by atoms with Crippen LogP contribution >= 0.6 is 0 Å². The lowest BCUT2D eigenvalue weighted by molar-refractivity contribution is -0.145. The van der Waals surface area contributed by atoms with Crippen LogP contribution in [-0.2, 0) is 6.18 Å². The molecule has 0 bridgehead atoms. The first-order valence-corrected chi connectivity index (χ1v) is 4.18. The van der Waals surface area contributed by atoms with E-state index in [2.05, 4.69) is 4.98 Å². The van der Waals surface area contributed by atoms with Gasteiger partial charge in [0.2, 0.25) is 5.82 Å². The van der Waals surface area contributed by atoms with E-state index in [0.717, 1.165) is 10.6 Å². The van der Waals surface area contributed by atoms with Crippen molar-refractivity contribution in [1.82, 2.24) is 9.38 Å². The molecule has 0 spiro atoms. The van der Waals surface area contributed by atoms with E-state index in [1.165, 1.54) is 12.1 Å². The number of halogens is 3. The number of aromatic nitrogens is 2. The molecule has 0 aliphatic carbocycles. The van der Waals surface area contributed by atoms with Gasteiger partial charge in [-0.25, -0.2) is 4.98 Å². The van der Waals surface area contributed by atoms with Crippen LogP contribution in [0, 0.1) is 11.3 Å². The monoisotopic (exact) mass is 221 g/mol. The first-order chi connectivity index (χ1) is 7.43. The van der Waals surface area contributed by atoms with E-state index in [4.69, 9.17) is 13.1 Å². The maximum atomic E-state index is 12.6. The van der Waals surface area contributed by atoms with E-state index >= 15 is 0 Å². The van der Waals surface area contributed by atoms with Crippen molar-refractivity contribution in [3.63, 3.8) is 0 Å². The minimum Gasteiger partial charge on any atom is -0.295 e. The Hall–Kier alpha value is -1.97. The van der Waals surface area contributed by atoms with Gasteiger partial charge >= 0.3 is 6.18 Å². The van der Waals surface area contributed by atoms with E-state index in [1.807, 2.05) is 0 Å². The molecule has 0 unspecified atom stereocenters. The van der Waals surface area contributed by atoms with Crippen LogP contribution in [0.4, 0.5) is 13.2 Å². The number of alkyl halides is 3. The summed E-state index contributed by atoms with van der Waals surface area (Å²) in [6.45, 7) is 0. The van der Waals surface area contributed by atoms with E-state index in [0.29, 0.717) is 0 Å². The molecule has 7 heteroatoms. The molecule has 0 fully saturated rings. The average Bonchev–Trinajstić information content (AvgIpc) is 2.54. The largest absolute Gasteiger partial charge is 0.450 e. The maximum absolute atomic E-state index is 12.6. The fourth-order valence-electron chi connectivity index (χ4n) is 1.38. The van der Waals surface area contributed by atoms with E-state index < -0.39 is 12.0 Å². The summed E-state index contributed by atoms with van der Waals surface area (Å²) in [5.41, 5.74) is -0.0174. The minimum atomic E-state index is -4.62. The molecule has 0 saturated carbocycles. The quantitative estimate of drug-likeness (QED) is 0.623. The molecule has 0 aromatic carbocycles. The Balaban J connectivity index is 2.86. The van der Waals surface area contributed by atoms with Gasteiger partial charge in [-0.05, 0) is 6.07 Å². The number of pyridine rings is 1. The van der Waals surface area contributed by atoms with Gasteiger partial charge in [-0.2, -0.15) is 18.4 Å². The third-order valence-corrected chi connectivity index (χ3v) is 2.02. The Morgan fingerprint density at radius 1 is 1.38 bits per heavy atom. The second-order valence-electron chi connectivity index (χ2n) is 3.11. The number of rotatable bonds is 0. The van der Waals surface area contributed by atoms with E-state index in [-0.39, 0.29) is 16.7 Å². The summed E-state index contributed by atoms with van der Waals surface area (Å²) in [6, 6.07) is 4.35. The molecule has 2 rings (SSSR count). The number of hydrogen-bond acceptors (Lipinski definition) is 2. The van der Waals surface area contributed by atoms with Crippen molar-refractivity contribution in [1.29, 1.82) is 5.26 Å². The van der Waals surface area contributed by atoms with Crippen molar-refractivity contribution in [2.24, 2.45) is 0 Å². The van der Waals surface area contributed by atoms with Gasteiger partial charge in [0.25, 0.3) is 0 Å². The first kappa shape index (κ1) is 10.5. The summed E-state index contributed by atoms with van der Waals surface area (Å²) in [6.07, 6.45) is -3.53. The highest BCUT2D eigenvalue weighted by Gasteiger charge is 2.37.